The number of rotatable bonds is 24. The third-order valence-corrected chi connectivity index (χ3v) is 18.4. The van der Waals surface area contributed by atoms with Crippen LogP contribution in [0.1, 0.15) is 243 Å². The number of carbonyl (C=O) groups excluding carboxylic acids is 9. The highest BCUT2D eigenvalue weighted by atomic mass is 16.8. The summed E-state index contributed by atoms with van der Waals surface area (Å²) in [6.07, 6.45) is 5.68. The van der Waals surface area contributed by atoms with E-state index < -0.39 is 99.3 Å². The lowest BCUT2D eigenvalue weighted by atomic mass is 9.44. The van der Waals surface area contributed by atoms with Crippen LogP contribution < -0.4 is 0 Å². The van der Waals surface area contributed by atoms with E-state index in [0.29, 0.717) is 29.5 Å². The van der Waals surface area contributed by atoms with Crippen LogP contribution in [0, 0.1) is 419 Å². The van der Waals surface area contributed by atoms with Gasteiger partial charge >= 0.3 is 53.9 Å². The Morgan fingerprint density at radius 2 is 0.594 bits per heavy atom. The fourth-order valence-electron chi connectivity index (χ4n) is 13.1. The molecule has 8 atom stereocenters. The van der Waals surface area contributed by atoms with Gasteiger partial charge in [0.25, 0.3) is 0 Å². The van der Waals surface area contributed by atoms with Crippen LogP contribution in [0.4, 0.5) is 4.79 Å². The van der Waals surface area contributed by atoms with E-state index in [9.17, 15) is 47.9 Å². The Kier molecular flexibility index (Phi) is 56.7. The molecule has 0 spiro atoms. The summed E-state index contributed by atoms with van der Waals surface area (Å²) in [4.78, 5) is 122. The van der Waals surface area contributed by atoms with Gasteiger partial charge in [0.1, 0.15) is 38.3 Å². The number of carbonyl (C=O) groups is 10. The van der Waals surface area contributed by atoms with E-state index in [4.69, 9.17) is 47.7 Å². The first-order valence-electron chi connectivity index (χ1n) is 40.2. The topological polar surface area (TPSA) is 274 Å². The maximum atomic E-state index is 12.8. The first-order chi connectivity index (χ1) is 64.7. The quantitative estimate of drug-likeness (QED) is 0.0235. The van der Waals surface area contributed by atoms with Crippen molar-refractivity contribution in [2.45, 2.75) is 176 Å². The fraction of sp³-hybridized carbons (Fsp3) is 0.345. The van der Waals surface area contributed by atoms with Gasteiger partial charge in [0, 0.05) is 141 Å². The fourth-order valence-corrected chi connectivity index (χ4v) is 13.1. The summed E-state index contributed by atoms with van der Waals surface area (Å²) >= 11 is 0. The molecular formula is C113H194O20. The van der Waals surface area contributed by atoms with Gasteiger partial charge in [-0.2, -0.15) is 0 Å². The second kappa shape index (κ2) is 70.0. The van der Waals surface area contributed by atoms with Gasteiger partial charge in [-0.1, -0.05) is 37.5 Å². The van der Waals surface area contributed by atoms with Gasteiger partial charge in [-0.3, -0.25) is 24.0 Å². The molecule has 0 bridgehead atoms. The molecule has 0 amide bonds. The Bertz CT molecular complexity index is 6650. The van der Waals surface area contributed by atoms with Gasteiger partial charge in [0.15, 0.2) is 12.2 Å². The third kappa shape index (κ3) is 52.1. The molecule has 0 radical (unpaired) electrons. The molecule has 0 aromatic heterocycles. The second-order valence-electron chi connectivity index (χ2n) is 26.9. The molecule has 0 aliphatic heterocycles. The third-order valence-electron chi connectivity index (χ3n) is 18.4. The molecule has 0 heterocycles. The Morgan fingerprint density at radius 1 is 0.316 bits per heavy atom. The Hall–Kier alpha value is -19.4. The van der Waals surface area contributed by atoms with Gasteiger partial charge in [-0.05, 0) is 484 Å². The van der Waals surface area contributed by atoms with Gasteiger partial charge < -0.3 is 47.7 Å². The summed E-state index contributed by atoms with van der Waals surface area (Å²) in [5, 5.41) is 8.73. The molecule has 133 heavy (non-hydrogen) atoms. The van der Waals surface area contributed by atoms with Crippen LogP contribution in [0.3, 0.4) is 0 Å². The summed E-state index contributed by atoms with van der Waals surface area (Å²) in [7, 11) is 0. The lowest BCUT2D eigenvalue weighted by Gasteiger charge is -2.61. The Balaban J connectivity index is -0.0000000267. The van der Waals surface area contributed by atoms with Crippen molar-refractivity contribution in [3.8, 4) is 379 Å². The number of aliphatic carboxylic acids is 1. The van der Waals surface area contributed by atoms with Crippen LogP contribution in [-0.2, 0) is 85.8 Å². The van der Waals surface area contributed by atoms with Gasteiger partial charge in [-0.25, -0.2) is 24.0 Å². The maximum Gasteiger partial charge on any atom is 0.511 e. The summed E-state index contributed by atoms with van der Waals surface area (Å²) in [6, 6.07) is 0. The van der Waals surface area contributed by atoms with E-state index in [1.54, 1.807) is 34.6 Å². The Labute approximate surface area is 868 Å². The molecule has 4 fully saturated rings. The number of unbranched alkanes of at least 4 members (excludes halogenated alkanes) is 2. The minimum Gasteiger partial charge on any atom is -0.481 e. The highest BCUT2D eigenvalue weighted by molar-refractivity contribution is 5.91. The molecule has 0 aromatic rings. The number of esters is 7. The average molecular weight is 1870 g/mol. The normalized spacial score (nSPS) is 15.1. The lowest BCUT2D eigenvalue weighted by molar-refractivity contribution is -0.163. The highest BCUT2D eigenvalue weighted by Crippen LogP contribution is 2.67. The van der Waals surface area contributed by atoms with E-state index in [-0.39, 0.29) is 160 Å². The van der Waals surface area contributed by atoms with Crippen molar-refractivity contribution in [2.24, 2.45) is 40.4 Å². The zero-order valence-corrected chi connectivity index (χ0v) is 73.4. The van der Waals surface area contributed by atoms with Crippen molar-refractivity contribution in [1.82, 2.24) is 0 Å². The minimum atomic E-state index is -1.28. The monoisotopic (exact) mass is 1870 g/mol. The van der Waals surface area contributed by atoms with Crippen molar-refractivity contribution in [1.29, 1.82) is 0 Å². The van der Waals surface area contributed by atoms with Crippen molar-refractivity contribution < 1.29 is 181 Å². The van der Waals surface area contributed by atoms with Crippen LogP contribution in [-0.4, -0.2) is 116 Å². The minimum absolute atomic E-state index is 0. The molecular weight excluding hydrogens is 1680 g/mol. The van der Waals surface area contributed by atoms with Crippen LogP contribution >= 0.6 is 0 Å². The standard InChI is InChI=1S/C68H54O12.C45H20O8.60H2/c1-6-8-10-12-14-16-18-20-22-24-26-28-30-32-34-38-62(70)75-51-57(52-76-63(71)39-35-33-31-29-27-25-23-21-19-17-15-13-11-9-7-2)79-65(73)41-37-36-40-64(72)77-53-78-66(74)80-56-46-48-67(4)55(50-56)42-43-58-60-45-44-59(54(3)69)68(60,5)49-47-61(58)67;1-3-5-7-9-11-13-15-17-19-21-23-25-27-29-31-36-43(48)51-39-41(53-45(50)38-34-33-35-42(46)47)40-52-44(49)37-32-30-28-26-24-22-20-18-16-14-12-10-8-6-4-2;;;;;;;;;;;;;;;;;;;;;;;;;;;;;;;;;;;;;;;;;;;;;;;;;;;;;;;;;;;;/h55-61H,36-37,40-53H2,1-5H3;41H,33-35,38-40H2,1-2H3,(H,46,47);60*1H/t55-,56?,58-,59+,60-,61-,67-,68+;;;;;;;;;;;;;;;;;;;;;;;;;;;;;;;;;;;;;;;;;;;;;;;;;;;;;;;;;;;;;/m0............................................................./s1. The summed E-state index contributed by atoms with van der Waals surface area (Å²) in [6.45, 7) is 10.4. The van der Waals surface area contributed by atoms with E-state index in [1.807, 2.05) is 0 Å². The second-order valence-corrected chi connectivity index (χ2v) is 26.9. The summed E-state index contributed by atoms with van der Waals surface area (Å²) < 4.78 is 46.6. The molecule has 0 aromatic carbocycles. The number of ether oxygens (including phenoxy) is 9. The van der Waals surface area contributed by atoms with E-state index in [0.717, 1.165) is 57.8 Å². The first-order valence-corrected chi connectivity index (χ1v) is 40.2. The summed E-state index contributed by atoms with van der Waals surface area (Å²) in [5.41, 5.74) is 0.266. The molecule has 4 saturated carbocycles. The maximum absolute atomic E-state index is 12.8. The van der Waals surface area contributed by atoms with Crippen molar-refractivity contribution >= 4 is 59.7 Å². The molecule has 766 valence electrons. The number of ketones is 1. The highest BCUT2D eigenvalue weighted by Gasteiger charge is 2.61. The number of hydrogen-bond donors (Lipinski definition) is 1. The number of fused-ring (bicyclic) bond motifs is 5. The lowest BCUT2D eigenvalue weighted by Crippen LogP contribution is -2.54. The van der Waals surface area contributed by atoms with E-state index in [2.05, 4.69) is 393 Å². The smallest absolute Gasteiger partial charge is 0.481 e. The average Bonchev–Trinajstić information content (AvgIpc) is 1.58. The number of carboxylic acids is 1. The number of carboxylic acid groups (broad SMARTS) is 1. The largest absolute Gasteiger partial charge is 0.511 e. The van der Waals surface area contributed by atoms with E-state index in [1.165, 1.54) is 0 Å². The molecule has 20 heteroatoms. The molecule has 20 nitrogen and oxygen atoms in total. The first kappa shape index (κ1) is 108. The Morgan fingerprint density at radius 3 is 0.895 bits per heavy atom. The van der Waals surface area contributed by atoms with Gasteiger partial charge in [-0.15, -0.1) is 0 Å². The molecule has 4 aliphatic rings. The molecule has 1 N–H and O–H groups in total. The van der Waals surface area contributed by atoms with Gasteiger partial charge in [0.2, 0.25) is 6.79 Å². The van der Waals surface area contributed by atoms with Crippen LogP contribution in [0.25, 0.3) is 0 Å². The molecule has 4 rings (SSSR count). The van der Waals surface area contributed by atoms with Gasteiger partial charge in [0.05, 0.1) is 0 Å². The molecule has 4 aliphatic carbocycles. The van der Waals surface area contributed by atoms with Crippen molar-refractivity contribution in [3.05, 3.63) is 0 Å². The number of hydrogen-bond acceptors (Lipinski definition) is 19. The summed E-state index contributed by atoms with van der Waals surface area (Å²) in [5.74, 6) is 151. The molecule has 0 saturated heterocycles. The zero-order valence-electron chi connectivity index (χ0n) is 73.4. The SMILES string of the molecule is CC#CC#CC#CC#CC#CC#CC#CC#CC(=O)OCC(COC(=O)C#CC#CC#CC#CC#CC#CC#CC#CC)OC(=O)CCCCC(=O)O.CC#CC#CC#CC#CC#CC#CC#CC#CC(=O)OCC(COC(=O)C#CC#CC#CC#CC#CC#CC#CC#CC)OC(=O)CCCCC(=O)OCOC(=O)OC1CC[C@@]2(C)[C@@H](CC[C@@H]3[C@@H]2CC[C@]2(C)[C@@H](C(C)=O)CC[C@@H]32)C1.[HH].[HH].[HH].[HH].[HH].[HH].[HH].[HH].[HH].[HH].[HH].[HH].[HH].[HH].[HH].[HH].[HH].[HH].[HH].[HH].[HH].[HH].[HH].[HH].[HH].[HH].[HH].[HH].[HH].[HH].[HH].[HH].[HH].[HH].[HH].[HH].[HH].[HH].[HH].[HH].[HH].[HH].[HH].[HH].[HH].[HH].[HH].[HH].[HH].[HH].[HH].[HH].[HH].[HH].[HH].[HH].[HH].[HH].[HH].[HH]. The van der Waals surface area contributed by atoms with Crippen molar-refractivity contribution in [2.75, 3.05) is 33.2 Å². The predicted molar refractivity (Wildman–Crippen MR) is 615 cm³/mol. The van der Waals surface area contributed by atoms with Crippen LogP contribution in [0.5, 0.6) is 0 Å². The van der Waals surface area contributed by atoms with Crippen LogP contribution in [0.15, 0.2) is 0 Å². The molecule has 1 unspecified atom stereocenters. The van der Waals surface area contributed by atoms with Crippen LogP contribution in [0.2, 0.25) is 0 Å². The number of Topliss-reactive ketones (excluding diaryl/α,β-unsaturated/α-hetero) is 1. The van der Waals surface area contributed by atoms with Crippen molar-refractivity contribution in [3.63, 3.8) is 0 Å². The predicted octanol–water partition coefficient (Wildman–Crippen LogP) is 21.4. The zero-order chi connectivity index (χ0) is 96.6. The van der Waals surface area contributed by atoms with E-state index >= 15 is 0 Å².